The molecule has 0 amide bonds. The Morgan fingerprint density at radius 3 is 2.74 bits per heavy atom. The molecule has 1 aliphatic rings. The predicted molar refractivity (Wildman–Crippen MR) is 107 cm³/mol. The summed E-state index contributed by atoms with van der Waals surface area (Å²) in [6.45, 7) is 5.15. The Hall–Kier alpha value is -2.76. The van der Waals surface area contributed by atoms with Gasteiger partial charge in [-0.05, 0) is 49.4 Å². The van der Waals surface area contributed by atoms with Crippen molar-refractivity contribution in [1.29, 1.82) is 0 Å². The van der Waals surface area contributed by atoms with Crippen LogP contribution in [0.25, 0.3) is 10.9 Å². The molecule has 0 aliphatic carbocycles. The van der Waals surface area contributed by atoms with E-state index in [-0.39, 0.29) is 0 Å². The van der Waals surface area contributed by atoms with Crippen LogP contribution in [0.4, 0.5) is 5.82 Å². The molecule has 6 heteroatoms. The second-order valence-electron chi connectivity index (χ2n) is 7.20. The third kappa shape index (κ3) is 3.44. The van der Waals surface area contributed by atoms with Crippen molar-refractivity contribution in [2.45, 2.75) is 26.3 Å². The molecule has 1 aliphatic heterocycles. The number of imidazole rings is 1. The largest absolute Gasteiger partial charge is 0.496 e. The standard InChI is InChI=1S/C21H26N4O2/c1-15-11-19(23-21-18(27-3)7-6-17(26-2)20(15)21)25-9-4-5-16(13-25)12-24-10-8-22-14-24/h6-8,10-11,14,16H,4-5,9,12-13H2,1-3H3. The first kappa shape index (κ1) is 17.6. The molecule has 0 spiro atoms. The Kier molecular flexibility index (Phi) is 4.88. The quantitative estimate of drug-likeness (QED) is 0.690. The molecule has 0 bridgehead atoms. The van der Waals surface area contributed by atoms with Crippen molar-refractivity contribution in [1.82, 2.24) is 14.5 Å². The van der Waals surface area contributed by atoms with Crippen molar-refractivity contribution < 1.29 is 9.47 Å². The summed E-state index contributed by atoms with van der Waals surface area (Å²) in [4.78, 5) is 11.5. The summed E-state index contributed by atoms with van der Waals surface area (Å²) in [6.07, 6.45) is 8.18. The van der Waals surface area contributed by atoms with Gasteiger partial charge in [0.05, 0.1) is 20.5 Å². The number of fused-ring (bicyclic) bond motifs is 1. The summed E-state index contributed by atoms with van der Waals surface area (Å²) >= 11 is 0. The Labute approximate surface area is 159 Å². The summed E-state index contributed by atoms with van der Waals surface area (Å²) < 4.78 is 13.3. The van der Waals surface area contributed by atoms with Crippen LogP contribution < -0.4 is 14.4 Å². The number of hydrogen-bond donors (Lipinski definition) is 0. The number of hydrogen-bond acceptors (Lipinski definition) is 5. The molecule has 0 N–H and O–H groups in total. The van der Waals surface area contributed by atoms with E-state index in [1.54, 1.807) is 14.2 Å². The molecule has 2 aromatic heterocycles. The first-order chi connectivity index (χ1) is 13.2. The van der Waals surface area contributed by atoms with Gasteiger partial charge in [-0.3, -0.25) is 0 Å². The highest BCUT2D eigenvalue weighted by atomic mass is 16.5. The van der Waals surface area contributed by atoms with E-state index in [4.69, 9.17) is 14.5 Å². The van der Waals surface area contributed by atoms with Gasteiger partial charge in [0.2, 0.25) is 0 Å². The molecule has 0 radical (unpaired) electrons. The van der Waals surface area contributed by atoms with Crippen LogP contribution in [0, 0.1) is 12.8 Å². The molecule has 1 saturated heterocycles. The average Bonchev–Trinajstić information content (AvgIpc) is 3.20. The smallest absolute Gasteiger partial charge is 0.145 e. The molecule has 0 saturated carbocycles. The molecular weight excluding hydrogens is 340 g/mol. The van der Waals surface area contributed by atoms with Crippen molar-refractivity contribution >= 4 is 16.7 Å². The lowest BCUT2D eigenvalue weighted by Crippen LogP contribution is -2.37. The van der Waals surface area contributed by atoms with Gasteiger partial charge in [-0.2, -0.15) is 0 Å². The third-order valence-corrected chi connectivity index (χ3v) is 5.38. The van der Waals surface area contributed by atoms with Crippen molar-refractivity contribution in [3.63, 3.8) is 0 Å². The van der Waals surface area contributed by atoms with E-state index in [1.807, 2.05) is 30.9 Å². The van der Waals surface area contributed by atoms with E-state index < -0.39 is 0 Å². The number of aromatic nitrogens is 3. The van der Waals surface area contributed by atoms with Gasteiger partial charge in [0.25, 0.3) is 0 Å². The Morgan fingerprint density at radius 1 is 1.19 bits per heavy atom. The summed E-state index contributed by atoms with van der Waals surface area (Å²) in [5.74, 6) is 3.22. The number of anilines is 1. The fourth-order valence-corrected chi connectivity index (χ4v) is 4.07. The number of piperidine rings is 1. The lowest BCUT2D eigenvalue weighted by Gasteiger charge is -2.34. The second-order valence-corrected chi connectivity index (χ2v) is 7.20. The maximum atomic E-state index is 5.57. The lowest BCUT2D eigenvalue weighted by molar-refractivity contribution is 0.365. The van der Waals surface area contributed by atoms with Gasteiger partial charge in [-0.1, -0.05) is 0 Å². The minimum Gasteiger partial charge on any atom is -0.496 e. The van der Waals surface area contributed by atoms with Crippen LogP contribution in [-0.2, 0) is 6.54 Å². The van der Waals surface area contributed by atoms with Gasteiger partial charge in [-0.25, -0.2) is 9.97 Å². The molecule has 1 aromatic carbocycles. The summed E-state index contributed by atoms with van der Waals surface area (Å²) in [5, 5.41) is 1.02. The first-order valence-corrected chi connectivity index (χ1v) is 9.42. The maximum Gasteiger partial charge on any atom is 0.145 e. The highest BCUT2D eigenvalue weighted by Gasteiger charge is 2.23. The van der Waals surface area contributed by atoms with E-state index in [1.165, 1.54) is 12.8 Å². The summed E-state index contributed by atoms with van der Waals surface area (Å²) in [5.41, 5.74) is 2.02. The van der Waals surface area contributed by atoms with E-state index in [0.717, 1.165) is 53.4 Å². The summed E-state index contributed by atoms with van der Waals surface area (Å²) in [7, 11) is 3.38. The number of nitrogens with zero attached hydrogens (tertiary/aromatic N) is 4. The molecular formula is C21H26N4O2. The Balaban J connectivity index is 1.66. The fourth-order valence-electron chi connectivity index (χ4n) is 4.07. The van der Waals surface area contributed by atoms with Crippen LogP contribution in [0.15, 0.2) is 36.9 Å². The average molecular weight is 366 g/mol. The fraction of sp³-hybridized carbons (Fsp3) is 0.429. The third-order valence-electron chi connectivity index (χ3n) is 5.38. The van der Waals surface area contributed by atoms with E-state index in [9.17, 15) is 0 Å². The maximum absolute atomic E-state index is 5.57. The molecule has 27 heavy (non-hydrogen) atoms. The van der Waals surface area contributed by atoms with Crippen LogP contribution in [0.3, 0.4) is 0 Å². The number of rotatable bonds is 5. The van der Waals surface area contributed by atoms with Crippen LogP contribution in [-0.4, -0.2) is 41.8 Å². The van der Waals surface area contributed by atoms with E-state index in [0.29, 0.717) is 5.92 Å². The van der Waals surface area contributed by atoms with Gasteiger partial charge in [-0.15, -0.1) is 0 Å². The number of benzene rings is 1. The molecule has 3 heterocycles. The zero-order valence-corrected chi connectivity index (χ0v) is 16.2. The van der Waals surface area contributed by atoms with Crippen LogP contribution >= 0.6 is 0 Å². The van der Waals surface area contributed by atoms with E-state index in [2.05, 4.69) is 27.4 Å². The zero-order chi connectivity index (χ0) is 18.8. The van der Waals surface area contributed by atoms with Gasteiger partial charge in [0, 0.05) is 37.4 Å². The van der Waals surface area contributed by atoms with Crippen LogP contribution in [0.2, 0.25) is 0 Å². The highest BCUT2D eigenvalue weighted by Crippen LogP contribution is 2.36. The van der Waals surface area contributed by atoms with Crippen molar-refractivity contribution in [3.8, 4) is 11.5 Å². The number of aryl methyl sites for hydroxylation is 1. The normalized spacial score (nSPS) is 17.3. The topological polar surface area (TPSA) is 52.4 Å². The molecule has 4 rings (SSSR count). The van der Waals surface area contributed by atoms with Gasteiger partial charge in [0.1, 0.15) is 22.8 Å². The van der Waals surface area contributed by atoms with Crippen LogP contribution in [0.5, 0.6) is 11.5 Å². The number of pyridine rings is 1. The van der Waals surface area contributed by atoms with E-state index >= 15 is 0 Å². The number of methoxy groups -OCH3 is 2. The summed E-state index contributed by atoms with van der Waals surface area (Å²) in [6, 6.07) is 6.04. The van der Waals surface area contributed by atoms with Crippen molar-refractivity contribution in [3.05, 3.63) is 42.5 Å². The Bertz CT molecular complexity index is 924. The van der Waals surface area contributed by atoms with Crippen molar-refractivity contribution in [2.24, 2.45) is 5.92 Å². The minimum atomic E-state index is 0.595. The van der Waals surface area contributed by atoms with Gasteiger partial charge < -0.3 is 18.9 Å². The zero-order valence-electron chi connectivity index (χ0n) is 16.2. The molecule has 1 atom stereocenters. The number of ether oxygens (including phenoxy) is 2. The second kappa shape index (κ2) is 7.47. The Morgan fingerprint density at radius 2 is 2.00 bits per heavy atom. The molecule has 1 unspecified atom stereocenters. The highest BCUT2D eigenvalue weighted by molar-refractivity contribution is 5.94. The van der Waals surface area contributed by atoms with Gasteiger partial charge in [0.15, 0.2) is 0 Å². The van der Waals surface area contributed by atoms with Gasteiger partial charge >= 0.3 is 0 Å². The molecule has 3 aromatic rings. The monoisotopic (exact) mass is 366 g/mol. The lowest BCUT2D eigenvalue weighted by atomic mass is 9.97. The van der Waals surface area contributed by atoms with Crippen molar-refractivity contribution in [2.75, 3.05) is 32.2 Å². The SMILES string of the molecule is COc1ccc(OC)c2c(C)cc(N3CCCC(Cn4ccnc4)C3)nc12. The minimum absolute atomic E-state index is 0.595. The molecule has 142 valence electrons. The predicted octanol–water partition coefficient (Wildman–Crippen LogP) is 3.67. The molecule has 6 nitrogen and oxygen atoms in total. The first-order valence-electron chi connectivity index (χ1n) is 9.42. The molecule has 1 fully saturated rings. The van der Waals surface area contributed by atoms with Crippen LogP contribution in [0.1, 0.15) is 18.4 Å².